The minimum absolute atomic E-state index is 0.0582. The van der Waals surface area contributed by atoms with Crippen molar-refractivity contribution < 1.29 is 9.53 Å². The third-order valence-electron chi connectivity index (χ3n) is 2.07. The molecule has 0 aromatic heterocycles. The SMILES string of the molecule is CCC(N)CC(=O)OCCC(C)(C)C. The fourth-order valence-electron chi connectivity index (χ4n) is 0.888. The lowest BCUT2D eigenvalue weighted by molar-refractivity contribution is -0.144. The lowest BCUT2D eigenvalue weighted by Crippen LogP contribution is -2.24. The van der Waals surface area contributed by atoms with Gasteiger partial charge in [0.25, 0.3) is 0 Å². The number of carbonyl (C=O) groups is 1. The topological polar surface area (TPSA) is 52.3 Å². The van der Waals surface area contributed by atoms with Crippen molar-refractivity contribution in [1.29, 1.82) is 0 Å². The average molecular weight is 201 g/mol. The summed E-state index contributed by atoms with van der Waals surface area (Å²) in [4.78, 5) is 11.2. The highest BCUT2D eigenvalue weighted by atomic mass is 16.5. The van der Waals surface area contributed by atoms with Gasteiger partial charge in [-0.05, 0) is 18.3 Å². The van der Waals surface area contributed by atoms with E-state index in [0.29, 0.717) is 13.0 Å². The second kappa shape index (κ2) is 6.02. The zero-order valence-corrected chi connectivity index (χ0v) is 9.80. The fraction of sp³-hybridized carbons (Fsp3) is 0.909. The average Bonchev–Trinajstić information content (AvgIpc) is 2.01. The first-order chi connectivity index (χ1) is 6.35. The summed E-state index contributed by atoms with van der Waals surface area (Å²) in [6.07, 6.45) is 2.04. The molecule has 0 rings (SSSR count). The lowest BCUT2D eigenvalue weighted by atomic mass is 9.93. The smallest absolute Gasteiger partial charge is 0.307 e. The molecule has 0 radical (unpaired) electrons. The van der Waals surface area contributed by atoms with E-state index in [2.05, 4.69) is 20.8 Å². The summed E-state index contributed by atoms with van der Waals surface area (Å²) in [7, 11) is 0. The van der Waals surface area contributed by atoms with Crippen molar-refractivity contribution in [2.75, 3.05) is 6.61 Å². The molecule has 3 nitrogen and oxygen atoms in total. The molecule has 0 heterocycles. The molecule has 0 fully saturated rings. The molecule has 0 aromatic rings. The van der Waals surface area contributed by atoms with Crippen LogP contribution in [0, 0.1) is 5.41 Å². The van der Waals surface area contributed by atoms with Crippen LogP contribution >= 0.6 is 0 Å². The van der Waals surface area contributed by atoms with Crippen molar-refractivity contribution in [2.45, 2.75) is 53.0 Å². The van der Waals surface area contributed by atoms with Crippen LogP contribution in [0.15, 0.2) is 0 Å². The van der Waals surface area contributed by atoms with E-state index in [1.807, 2.05) is 6.92 Å². The van der Waals surface area contributed by atoms with Crippen LogP contribution in [-0.2, 0) is 9.53 Å². The molecule has 0 amide bonds. The van der Waals surface area contributed by atoms with E-state index in [1.165, 1.54) is 0 Å². The van der Waals surface area contributed by atoms with Crippen molar-refractivity contribution in [3.05, 3.63) is 0 Å². The molecule has 2 N–H and O–H groups in total. The quantitative estimate of drug-likeness (QED) is 0.693. The molecular formula is C11H23NO2. The van der Waals surface area contributed by atoms with Crippen LogP contribution < -0.4 is 5.73 Å². The summed E-state index contributed by atoms with van der Waals surface area (Å²) in [5.41, 5.74) is 5.85. The highest BCUT2D eigenvalue weighted by Gasteiger charge is 2.12. The molecule has 0 bridgehead atoms. The van der Waals surface area contributed by atoms with E-state index >= 15 is 0 Å². The van der Waals surface area contributed by atoms with Gasteiger partial charge in [-0.1, -0.05) is 27.7 Å². The van der Waals surface area contributed by atoms with E-state index in [1.54, 1.807) is 0 Å². The molecule has 0 aromatic carbocycles. The first-order valence-electron chi connectivity index (χ1n) is 5.26. The maximum atomic E-state index is 11.2. The van der Waals surface area contributed by atoms with Gasteiger partial charge in [0.1, 0.15) is 0 Å². The van der Waals surface area contributed by atoms with Gasteiger partial charge in [-0.2, -0.15) is 0 Å². The highest BCUT2D eigenvalue weighted by Crippen LogP contribution is 2.18. The molecule has 1 atom stereocenters. The third-order valence-corrected chi connectivity index (χ3v) is 2.07. The van der Waals surface area contributed by atoms with E-state index in [0.717, 1.165) is 12.8 Å². The predicted octanol–water partition coefficient (Wildman–Crippen LogP) is 2.09. The monoisotopic (exact) mass is 201 g/mol. The molecule has 0 aliphatic carbocycles. The van der Waals surface area contributed by atoms with Crippen molar-refractivity contribution in [3.8, 4) is 0 Å². The maximum absolute atomic E-state index is 11.2. The maximum Gasteiger partial charge on any atom is 0.307 e. The number of nitrogens with two attached hydrogens (primary N) is 1. The Kier molecular flexibility index (Phi) is 5.77. The van der Waals surface area contributed by atoms with E-state index < -0.39 is 0 Å². The molecule has 1 unspecified atom stereocenters. The second-order valence-electron chi connectivity index (χ2n) is 4.90. The number of esters is 1. The van der Waals surface area contributed by atoms with Crippen LogP contribution in [0.1, 0.15) is 47.0 Å². The number of ether oxygens (including phenoxy) is 1. The van der Waals surface area contributed by atoms with Gasteiger partial charge in [-0.15, -0.1) is 0 Å². The van der Waals surface area contributed by atoms with Gasteiger partial charge >= 0.3 is 5.97 Å². The number of hydrogen-bond acceptors (Lipinski definition) is 3. The van der Waals surface area contributed by atoms with Crippen LogP contribution in [-0.4, -0.2) is 18.6 Å². The van der Waals surface area contributed by atoms with Crippen molar-refractivity contribution in [2.24, 2.45) is 11.1 Å². The zero-order chi connectivity index (χ0) is 11.2. The Balaban J connectivity index is 3.55. The Morgan fingerprint density at radius 2 is 2.00 bits per heavy atom. The van der Waals surface area contributed by atoms with E-state index in [4.69, 9.17) is 10.5 Å². The fourth-order valence-corrected chi connectivity index (χ4v) is 0.888. The van der Waals surface area contributed by atoms with Crippen molar-refractivity contribution >= 4 is 5.97 Å². The molecule has 84 valence electrons. The minimum atomic E-state index is -0.177. The summed E-state index contributed by atoms with van der Waals surface area (Å²) >= 11 is 0. The summed E-state index contributed by atoms with van der Waals surface area (Å²) < 4.78 is 5.07. The van der Waals surface area contributed by atoms with Gasteiger partial charge < -0.3 is 10.5 Å². The van der Waals surface area contributed by atoms with Gasteiger partial charge in [0.05, 0.1) is 13.0 Å². The molecule has 0 saturated heterocycles. The molecular weight excluding hydrogens is 178 g/mol. The number of hydrogen-bond donors (Lipinski definition) is 1. The standard InChI is InChI=1S/C11H23NO2/c1-5-9(12)8-10(13)14-7-6-11(2,3)4/h9H,5-8,12H2,1-4H3. The summed E-state index contributed by atoms with van der Waals surface area (Å²) in [5, 5.41) is 0. The van der Waals surface area contributed by atoms with Gasteiger partial charge in [-0.25, -0.2) is 0 Å². The Hall–Kier alpha value is -0.570. The molecule has 0 spiro atoms. The lowest BCUT2D eigenvalue weighted by Gasteiger charge is -2.17. The zero-order valence-electron chi connectivity index (χ0n) is 9.80. The Morgan fingerprint density at radius 1 is 1.43 bits per heavy atom. The largest absolute Gasteiger partial charge is 0.466 e. The molecule has 0 aliphatic rings. The highest BCUT2D eigenvalue weighted by molar-refractivity contribution is 5.70. The molecule has 0 saturated carbocycles. The van der Waals surface area contributed by atoms with Gasteiger partial charge in [-0.3, -0.25) is 4.79 Å². The van der Waals surface area contributed by atoms with Crippen molar-refractivity contribution in [3.63, 3.8) is 0 Å². The van der Waals surface area contributed by atoms with Crippen LogP contribution in [0.25, 0.3) is 0 Å². The third kappa shape index (κ3) is 8.05. The number of carbonyl (C=O) groups excluding carboxylic acids is 1. The van der Waals surface area contributed by atoms with Gasteiger partial charge in [0.2, 0.25) is 0 Å². The van der Waals surface area contributed by atoms with E-state index in [-0.39, 0.29) is 17.4 Å². The Labute approximate surface area is 87.0 Å². The Bertz CT molecular complexity index is 173. The molecule has 3 heteroatoms. The minimum Gasteiger partial charge on any atom is -0.466 e. The van der Waals surface area contributed by atoms with Gasteiger partial charge in [0.15, 0.2) is 0 Å². The summed E-state index contributed by atoms with van der Waals surface area (Å²) in [5.74, 6) is -0.177. The van der Waals surface area contributed by atoms with Crippen LogP contribution in [0.4, 0.5) is 0 Å². The van der Waals surface area contributed by atoms with E-state index in [9.17, 15) is 4.79 Å². The van der Waals surface area contributed by atoms with Crippen molar-refractivity contribution in [1.82, 2.24) is 0 Å². The Morgan fingerprint density at radius 3 is 2.43 bits per heavy atom. The normalized spacial score (nSPS) is 13.8. The molecule has 0 aliphatic heterocycles. The number of rotatable bonds is 5. The first-order valence-corrected chi connectivity index (χ1v) is 5.26. The molecule has 14 heavy (non-hydrogen) atoms. The summed E-state index contributed by atoms with van der Waals surface area (Å²) in [6.45, 7) is 8.84. The van der Waals surface area contributed by atoms with Crippen LogP contribution in [0.3, 0.4) is 0 Å². The van der Waals surface area contributed by atoms with Crippen LogP contribution in [0.2, 0.25) is 0 Å². The van der Waals surface area contributed by atoms with Gasteiger partial charge in [0, 0.05) is 6.04 Å². The summed E-state index contributed by atoms with van der Waals surface area (Å²) in [6, 6.07) is -0.0582. The second-order valence-corrected chi connectivity index (χ2v) is 4.90. The van der Waals surface area contributed by atoms with Crippen LogP contribution in [0.5, 0.6) is 0 Å². The predicted molar refractivity (Wildman–Crippen MR) is 57.9 cm³/mol. The first kappa shape index (κ1) is 13.4.